The SMILES string of the molecule is CCCCCCCCCC(Cl)CCC(=O)OCC. The van der Waals surface area contributed by atoms with E-state index in [-0.39, 0.29) is 11.3 Å². The van der Waals surface area contributed by atoms with Gasteiger partial charge in [0.1, 0.15) is 0 Å². The Bertz CT molecular complexity index is 195. The number of hydrogen-bond acceptors (Lipinski definition) is 2. The minimum Gasteiger partial charge on any atom is -0.466 e. The van der Waals surface area contributed by atoms with Crippen LogP contribution in [0.15, 0.2) is 0 Å². The summed E-state index contributed by atoms with van der Waals surface area (Å²) in [5.41, 5.74) is 0. The molecule has 0 aromatic rings. The van der Waals surface area contributed by atoms with Crippen LogP contribution in [0.4, 0.5) is 0 Å². The molecule has 0 rings (SSSR count). The quantitative estimate of drug-likeness (QED) is 0.282. The van der Waals surface area contributed by atoms with Crippen LogP contribution in [-0.4, -0.2) is 18.0 Å². The Kier molecular flexibility index (Phi) is 13.0. The van der Waals surface area contributed by atoms with Gasteiger partial charge in [0.15, 0.2) is 0 Å². The lowest BCUT2D eigenvalue weighted by Crippen LogP contribution is -2.07. The molecule has 0 fully saturated rings. The second kappa shape index (κ2) is 13.2. The maximum atomic E-state index is 11.1. The van der Waals surface area contributed by atoms with Crippen LogP contribution in [-0.2, 0) is 9.53 Å². The Morgan fingerprint density at radius 1 is 1.00 bits per heavy atom. The van der Waals surface area contributed by atoms with Crippen LogP contribution >= 0.6 is 11.6 Å². The number of rotatable bonds is 12. The van der Waals surface area contributed by atoms with Gasteiger partial charge in [0.25, 0.3) is 0 Å². The maximum absolute atomic E-state index is 11.1. The lowest BCUT2D eigenvalue weighted by atomic mass is 10.1. The van der Waals surface area contributed by atoms with Crippen molar-refractivity contribution in [1.29, 1.82) is 0 Å². The first-order valence-electron chi connectivity index (χ1n) is 7.50. The van der Waals surface area contributed by atoms with Crippen LogP contribution in [0.2, 0.25) is 0 Å². The molecular formula is C15H29ClO2. The molecule has 0 aromatic carbocycles. The monoisotopic (exact) mass is 276 g/mol. The fourth-order valence-corrected chi connectivity index (χ4v) is 2.24. The van der Waals surface area contributed by atoms with Gasteiger partial charge in [-0.3, -0.25) is 4.79 Å². The topological polar surface area (TPSA) is 26.3 Å². The molecule has 2 nitrogen and oxygen atoms in total. The van der Waals surface area contributed by atoms with Crippen molar-refractivity contribution in [1.82, 2.24) is 0 Å². The zero-order valence-corrected chi connectivity index (χ0v) is 12.8. The molecule has 0 heterocycles. The highest BCUT2D eigenvalue weighted by Gasteiger charge is 2.08. The zero-order chi connectivity index (χ0) is 13.6. The van der Waals surface area contributed by atoms with E-state index >= 15 is 0 Å². The summed E-state index contributed by atoms with van der Waals surface area (Å²) in [7, 11) is 0. The Morgan fingerprint density at radius 3 is 2.22 bits per heavy atom. The number of unbranched alkanes of at least 4 members (excludes halogenated alkanes) is 6. The van der Waals surface area contributed by atoms with Crippen LogP contribution in [0.5, 0.6) is 0 Å². The summed E-state index contributed by atoms with van der Waals surface area (Å²) in [6.07, 6.45) is 11.4. The van der Waals surface area contributed by atoms with E-state index in [9.17, 15) is 4.79 Å². The van der Waals surface area contributed by atoms with Crippen LogP contribution < -0.4 is 0 Å². The molecule has 0 bridgehead atoms. The van der Waals surface area contributed by atoms with Crippen LogP contribution in [0.3, 0.4) is 0 Å². The van der Waals surface area contributed by atoms with E-state index in [1.165, 1.54) is 44.9 Å². The Labute approximate surface area is 117 Å². The highest BCUT2D eigenvalue weighted by Crippen LogP contribution is 2.16. The number of hydrogen-bond donors (Lipinski definition) is 0. The highest BCUT2D eigenvalue weighted by molar-refractivity contribution is 6.20. The van der Waals surface area contributed by atoms with Gasteiger partial charge in [-0.15, -0.1) is 11.6 Å². The molecule has 108 valence electrons. The summed E-state index contributed by atoms with van der Waals surface area (Å²) >= 11 is 6.18. The largest absolute Gasteiger partial charge is 0.466 e. The van der Waals surface area contributed by atoms with Gasteiger partial charge in [0.05, 0.1) is 6.61 Å². The highest BCUT2D eigenvalue weighted by atomic mass is 35.5. The third-order valence-corrected chi connectivity index (χ3v) is 3.52. The van der Waals surface area contributed by atoms with Gasteiger partial charge in [0, 0.05) is 11.8 Å². The van der Waals surface area contributed by atoms with E-state index in [1.54, 1.807) is 0 Å². The average Bonchev–Trinajstić information content (AvgIpc) is 2.35. The van der Waals surface area contributed by atoms with Crippen molar-refractivity contribution < 1.29 is 9.53 Å². The molecule has 0 aliphatic heterocycles. The second-order valence-corrected chi connectivity index (χ2v) is 5.47. The third kappa shape index (κ3) is 12.2. The van der Waals surface area contributed by atoms with Crippen molar-refractivity contribution in [2.45, 2.75) is 83.4 Å². The molecule has 0 saturated heterocycles. The summed E-state index contributed by atoms with van der Waals surface area (Å²) in [6.45, 7) is 4.53. The van der Waals surface area contributed by atoms with Gasteiger partial charge < -0.3 is 4.74 Å². The fraction of sp³-hybridized carbons (Fsp3) is 0.933. The van der Waals surface area contributed by atoms with Gasteiger partial charge in [0.2, 0.25) is 0 Å². The smallest absolute Gasteiger partial charge is 0.305 e. The minimum absolute atomic E-state index is 0.122. The van der Waals surface area contributed by atoms with Gasteiger partial charge in [-0.2, -0.15) is 0 Å². The Hall–Kier alpha value is -0.240. The van der Waals surface area contributed by atoms with Crippen LogP contribution in [0, 0.1) is 0 Å². The summed E-state index contributed by atoms with van der Waals surface area (Å²) in [4.78, 5) is 11.1. The van der Waals surface area contributed by atoms with Crippen LogP contribution in [0.25, 0.3) is 0 Å². The molecule has 0 aliphatic carbocycles. The van der Waals surface area contributed by atoms with E-state index in [2.05, 4.69) is 6.92 Å². The lowest BCUT2D eigenvalue weighted by Gasteiger charge is -2.08. The zero-order valence-electron chi connectivity index (χ0n) is 12.0. The van der Waals surface area contributed by atoms with Crippen molar-refractivity contribution in [2.75, 3.05) is 6.61 Å². The van der Waals surface area contributed by atoms with E-state index < -0.39 is 0 Å². The summed E-state index contributed by atoms with van der Waals surface area (Å²) in [5.74, 6) is -0.122. The molecule has 0 N–H and O–H groups in total. The molecule has 0 saturated carbocycles. The molecular weight excluding hydrogens is 248 g/mol. The standard InChI is InChI=1S/C15H29ClO2/c1-3-5-6-7-8-9-10-11-14(16)12-13-15(17)18-4-2/h14H,3-13H2,1-2H3. The molecule has 0 aromatic heterocycles. The fourth-order valence-electron chi connectivity index (χ4n) is 1.97. The van der Waals surface area contributed by atoms with Crippen molar-refractivity contribution in [3.05, 3.63) is 0 Å². The number of esters is 1. The average molecular weight is 277 g/mol. The molecule has 0 radical (unpaired) electrons. The normalized spacial score (nSPS) is 12.4. The van der Waals surface area contributed by atoms with E-state index in [4.69, 9.17) is 16.3 Å². The van der Waals surface area contributed by atoms with E-state index in [0.717, 1.165) is 12.8 Å². The molecule has 0 aliphatic rings. The summed E-state index contributed by atoms with van der Waals surface area (Å²) < 4.78 is 4.88. The predicted octanol–water partition coefficient (Wildman–Crippen LogP) is 5.08. The van der Waals surface area contributed by atoms with Crippen molar-refractivity contribution in [3.63, 3.8) is 0 Å². The minimum atomic E-state index is -0.122. The van der Waals surface area contributed by atoms with Crippen molar-refractivity contribution in [2.24, 2.45) is 0 Å². The molecule has 0 amide bonds. The maximum Gasteiger partial charge on any atom is 0.305 e. The molecule has 1 atom stereocenters. The molecule has 1 unspecified atom stereocenters. The summed E-state index contributed by atoms with van der Waals surface area (Å²) in [6, 6.07) is 0. The van der Waals surface area contributed by atoms with Crippen LogP contribution in [0.1, 0.15) is 78.1 Å². The van der Waals surface area contributed by atoms with E-state index in [0.29, 0.717) is 13.0 Å². The van der Waals surface area contributed by atoms with Gasteiger partial charge in [-0.25, -0.2) is 0 Å². The first-order valence-corrected chi connectivity index (χ1v) is 7.94. The van der Waals surface area contributed by atoms with Gasteiger partial charge in [-0.1, -0.05) is 51.9 Å². The number of halogens is 1. The number of carbonyl (C=O) groups excluding carboxylic acids is 1. The number of ether oxygens (including phenoxy) is 1. The second-order valence-electron chi connectivity index (χ2n) is 4.85. The first kappa shape index (κ1) is 17.8. The Morgan fingerprint density at radius 2 is 1.61 bits per heavy atom. The Balaban J connectivity index is 3.26. The van der Waals surface area contributed by atoms with Crippen molar-refractivity contribution in [3.8, 4) is 0 Å². The lowest BCUT2D eigenvalue weighted by molar-refractivity contribution is -0.143. The summed E-state index contributed by atoms with van der Waals surface area (Å²) in [5, 5.41) is 0.130. The first-order chi connectivity index (χ1) is 8.70. The molecule has 0 spiro atoms. The molecule has 3 heteroatoms. The number of carbonyl (C=O) groups is 1. The third-order valence-electron chi connectivity index (χ3n) is 3.09. The predicted molar refractivity (Wildman–Crippen MR) is 78.1 cm³/mol. The van der Waals surface area contributed by atoms with Crippen molar-refractivity contribution >= 4 is 17.6 Å². The van der Waals surface area contributed by atoms with Gasteiger partial charge >= 0.3 is 5.97 Å². The van der Waals surface area contributed by atoms with Gasteiger partial charge in [-0.05, 0) is 19.8 Å². The molecule has 18 heavy (non-hydrogen) atoms. The van der Waals surface area contributed by atoms with E-state index in [1.807, 2.05) is 6.92 Å². The number of alkyl halides is 1.